The highest BCUT2D eigenvalue weighted by molar-refractivity contribution is 6.28. The normalized spacial score (nSPS) is 11.7. The van der Waals surface area contributed by atoms with Crippen molar-refractivity contribution >= 4 is 58.4 Å². The van der Waals surface area contributed by atoms with Gasteiger partial charge < -0.3 is 21.3 Å². The van der Waals surface area contributed by atoms with Gasteiger partial charge in [-0.2, -0.15) is 29.9 Å². The summed E-state index contributed by atoms with van der Waals surface area (Å²) in [6.07, 6.45) is 0. The van der Waals surface area contributed by atoms with Crippen LogP contribution in [0.5, 0.6) is 0 Å². The molecule has 0 bridgehead atoms. The molecule has 12 heteroatoms. The number of anilines is 6. The molecule has 0 aliphatic rings. The first kappa shape index (κ1) is 32.8. The zero-order chi connectivity index (χ0) is 32.9. The summed E-state index contributed by atoms with van der Waals surface area (Å²) in [7, 11) is 0. The predicted molar refractivity (Wildman–Crippen MR) is 188 cm³/mol. The lowest BCUT2D eigenvalue weighted by Gasteiger charge is -2.19. The summed E-state index contributed by atoms with van der Waals surface area (Å²) in [6.45, 7) is 14.0. The Labute approximate surface area is 279 Å². The lowest BCUT2D eigenvalue weighted by molar-refractivity contribution is 0.590. The summed E-state index contributed by atoms with van der Waals surface area (Å²) in [6, 6.07) is 24.4. The zero-order valence-corrected chi connectivity index (χ0v) is 28.3. The molecule has 46 heavy (non-hydrogen) atoms. The van der Waals surface area contributed by atoms with Crippen LogP contribution in [0, 0.1) is 0 Å². The van der Waals surface area contributed by atoms with Gasteiger partial charge in [0.2, 0.25) is 34.4 Å². The maximum absolute atomic E-state index is 6.22. The Morgan fingerprint density at radius 2 is 0.870 bits per heavy atom. The van der Waals surface area contributed by atoms with Crippen LogP contribution in [-0.4, -0.2) is 29.9 Å². The first-order valence-corrected chi connectivity index (χ1v) is 15.7. The maximum atomic E-state index is 6.22. The Morgan fingerprint density at radius 1 is 0.500 bits per heavy atom. The van der Waals surface area contributed by atoms with Crippen LogP contribution in [0.2, 0.25) is 10.6 Å². The van der Waals surface area contributed by atoms with Gasteiger partial charge in [0.25, 0.3) is 0 Å². The highest BCUT2D eigenvalue weighted by Crippen LogP contribution is 2.26. The van der Waals surface area contributed by atoms with E-state index < -0.39 is 0 Å². The monoisotopic (exact) mass is 656 g/mol. The number of hydrogen-bond donors (Lipinski definition) is 4. The molecule has 2 aromatic heterocycles. The Hall–Kier alpha value is -4.54. The van der Waals surface area contributed by atoms with Crippen LogP contribution < -0.4 is 21.3 Å². The number of hydrogen-bond acceptors (Lipinski definition) is 10. The van der Waals surface area contributed by atoms with Crippen LogP contribution in [0.1, 0.15) is 63.8 Å². The van der Waals surface area contributed by atoms with Crippen molar-refractivity contribution in [3.8, 4) is 0 Å². The van der Waals surface area contributed by atoms with Crippen LogP contribution in [0.3, 0.4) is 0 Å². The molecule has 0 saturated carbocycles. The Balaban J connectivity index is 1.18. The maximum Gasteiger partial charge on any atom is 0.233 e. The van der Waals surface area contributed by atoms with E-state index in [1.807, 2.05) is 42.5 Å². The van der Waals surface area contributed by atoms with Gasteiger partial charge in [0.1, 0.15) is 0 Å². The SMILES string of the molecule is CC(C)(C)c1ccc(Nc2nc(Cl)nc(NCc3cccc(CNc4nc(Cl)nc(Nc5ccc(C(C)(C)C)cc5)n4)c3)n2)cc1. The third kappa shape index (κ3) is 9.24. The Kier molecular flexibility index (Phi) is 9.88. The van der Waals surface area contributed by atoms with Crippen molar-refractivity contribution in [3.63, 3.8) is 0 Å². The summed E-state index contributed by atoms with van der Waals surface area (Å²) in [4.78, 5) is 25.9. The number of rotatable bonds is 10. The van der Waals surface area contributed by atoms with Gasteiger partial charge in [0.05, 0.1) is 0 Å². The highest BCUT2D eigenvalue weighted by Gasteiger charge is 2.15. The molecule has 0 atom stereocenters. The van der Waals surface area contributed by atoms with Crippen molar-refractivity contribution in [2.75, 3.05) is 21.3 Å². The molecule has 0 saturated heterocycles. The number of aromatic nitrogens is 6. The molecule has 0 amide bonds. The second-order valence-corrected chi connectivity index (χ2v) is 13.6. The average Bonchev–Trinajstić information content (AvgIpc) is 2.98. The van der Waals surface area contributed by atoms with Crippen molar-refractivity contribution in [2.24, 2.45) is 0 Å². The number of halogens is 2. The minimum absolute atomic E-state index is 0.0702. The van der Waals surface area contributed by atoms with Crippen molar-refractivity contribution in [1.82, 2.24) is 29.9 Å². The van der Waals surface area contributed by atoms with Crippen molar-refractivity contribution in [3.05, 3.63) is 106 Å². The first-order valence-electron chi connectivity index (χ1n) is 14.9. The van der Waals surface area contributed by atoms with E-state index in [-0.39, 0.29) is 21.4 Å². The molecule has 0 aliphatic carbocycles. The largest absolute Gasteiger partial charge is 0.350 e. The van der Waals surface area contributed by atoms with Gasteiger partial charge in [-0.1, -0.05) is 90.1 Å². The Bertz CT molecular complexity index is 1650. The van der Waals surface area contributed by atoms with E-state index in [2.05, 4.69) is 123 Å². The average molecular weight is 658 g/mol. The van der Waals surface area contributed by atoms with Gasteiger partial charge in [-0.05, 0) is 80.6 Å². The fourth-order valence-corrected chi connectivity index (χ4v) is 4.87. The predicted octanol–water partition coefficient (Wildman–Crippen LogP) is 8.67. The van der Waals surface area contributed by atoms with Gasteiger partial charge in [-0.25, -0.2) is 0 Å². The molecule has 0 unspecified atom stereocenters. The number of nitrogens with zero attached hydrogens (tertiary/aromatic N) is 6. The second kappa shape index (κ2) is 13.8. The molecule has 238 valence electrons. The summed E-state index contributed by atoms with van der Waals surface area (Å²) in [5.41, 5.74) is 6.39. The van der Waals surface area contributed by atoms with Crippen molar-refractivity contribution in [2.45, 2.75) is 65.5 Å². The van der Waals surface area contributed by atoms with Gasteiger partial charge in [-0.3, -0.25) is 0 Å². The van der Waals surface area contributed by atoms with Gasteiger partial charge in [0, 0.05) is 24.5 Å². The minimum Gasteiger partial charge on any atom is -0.350 e. The van der Waals surface area contributed by atoms with Crippen LogP contribution in [0.25, 0.3) is 0 Å². The summed E-state index contributed by atoms with van der Waals surface area (Å²) in [5.74, 6) is 1.45. The molecule has 0 spiro atoms. The van der Waals surface area contributed by atoms with Gasteiger partial charge in [-0.15, -0.1) is 0 Å². The first-order chi connectivity index (χ1) is 21.8. The number of nitrogens with one attached hydrogen (secondary N) is 4. The molecular weight excluding hydrogens is 619 g/mol. The number of benzene rings is 3. The standard InChI is InChI=1S/C34H38Cl2N10/c1-33(2,3)23-10-14-25(15-11-23)39-31-43-27(35)41-29(45-31)37-19-21-8-7-9-22(18-21)20-38-30-42-28(36)44-32(46-30)40-26-16-12-24(13-17-26)34(4,5)6/h7-18H,19-20H2,1-6H3,(H2,37,39,41,43,45)(H2,38,40,42,44,46). The zero-order valence-electron chi connectivity index (χ0n) is 26.8. The molecule has 5 rings (SSSR count). The lowest BCUT2D eigenvalue weighted by atomic mass is 9.87. The fraction of sp³-hybridized carbons (Fsp3) is 0.294. The van der Waals surface area contributed by atoms with E-state index in [1.54, 1.807) is 0 Å². The third-order valence-electron chi connectivity index (χ3n) is 7.12. The molecular formula is C34H38Cl2N10. The molecule has 0 fully saturated rings. The van der Waals surface area contributed by atoms with E-state index in [1.165, 1.54) is 11.1 Å². The molecule has 3 aromatic carbocycles. The van der Waals surface area contributed by atoms with Crippen LogP contribution in [0.4, 0.5) is 35.2 Å². The topological polar surface area (TPSA) is 125 Å². The molecule has 5 aromatic rings. The van der Waals surface area contributed by atoms with E-state index in [0.717, 1.165) is 22.5 Å². The fourth-order valence-electron chi connectivity index (χ4n) is 4.55. The van der Waals surface area contributed by atoms with E-state index in [0.29, 0.717) is 36.9 Å². The lowest BCUT2D eigenvalue weighted by Crippen LogP contribution is -2.11. The molecule has 0 aliphatic heterocycles. The molecule has 0 radical (unpaired) electrons. The van der Waals surface area contributed by atoms with Crippen molar-refractivity contribution < 1.29 is 0 Å². The van der Waals surface area contributed by atoms with Gasteiger partial charge >= 0.3 is 0 Å². The highest BCUT2D eigenvalue weighted by atomic mass is 35.5. The van der Waals surface area contributed by atoms with Crippen LogP contribution in [0.15, 0.2) is 72.8 Å². The Morgan fingerprint density at radius 3 is 1.24 bits per heavy atom. The van der Waals surface area contributed by atoms with Crippen LogP contribution >= 0.6 is 23.2 Å². The summed E-state index contributed by atoms with van der Waals surface area (Å²) < 4.78 is 0. The second-order valence-electron chi connectivity index (χ2n) is 12.9. The third-order valence-corrected chi connectivity index (χ3v) is 7.46. The van der Waals surface area contributed by atoms with Gasteiger partial charge in [0.15, 0.2) is 0 Å². The van der Waals surface area contributed by atoms with E-state index in [9.17, 15) is 0 Å². The van der Waals surface area contributed by atoms with E-state index >= 15 is 0 Å². The molecule has 10 nitrogen and oxygen atoms in total. The van der Waals surface area contributed by atoms with Crippen molar-refractivity contribution in [1.29, 1.82) is 0 Å². The smallest absolute Gasteiger partial charge is 0.233 e. The van der Waals surface area contributed by atoms with E-state index in [4.69, 9.17) is 23.2 Å². The summed E-state index contributed by atoms with van der Waals surface area (Å²) in [5, 5.41) is 13.1. The molecule has 4 N–H and O–H groups in total. The van der Waals surface area contributed by atoms with Crippen LogP contribution in [-0.2, 0) is 23.9 Å². The molecule has 2 heterocycles. The minimum atomic E-state index is 0.0702. The quantitative estimate of drug-likeness (QED) is 0.116. The summed E-state index contributed by atoms with van der Waals surface area (Å²) >= 11 is 12.4.